The number of rotatable bonds is 4. The second kappa shape index (κ2) is 8.69. The van der Waals surface area contributed by atoms with E-state index in [1.165, 1.54) is 23.8 Å². The van der Waals surface area contributed by atoms with Gasteiger partial charge in [0.25, 0.3) is 11.6 Å². The number of aromatic nitrogens is 2. The van der Waals surface area contributed by atoms with E-state index in [4.69, 9.17) is 11.6 Å². The van der Waals surface area contributed by atoms with Crippen LogP contribution >= 0.6 is 11.6 Å². The van der Waals surface area contributed by atoms with Crippen molar-refractivity contribution in [1.82, 2.24) is 15.1 Å². The molecule has 0 N–H and O–H groups in total. The normalized spacial score (nSPS) is 13.9. The third kappa shape index (κ3) is 4.49. The number of nitrogens with zero attached hydrogens (tertiary/aromatic N) is 5. The van der Waals surface area contributed by atoms with E-state index in [2.05, 4.69) is 15.1 Å². The fourth-order valence-corrected chi connectivity index (χ4v) is 3.67. The molecule has 4 rings (SSSR count). The van der Waals surface area contributed by atoms with Gasteiger partial charge < -0.3 is 9.80 Å². The molecule has 0 bridgehead atoms. The summed E-state index contributed by atoms with van der Waals surface area (Å²) in [7, 11) is 0. The zero-order valence-electron chi connectivity index (χ0n) is 16.9. The number of nitro benzene ring substituents is 1. The number of carbonyl (C=O) groups is 1. The summed E-state index contributed by atoms with van der Waals surface area (Å²) in [6.45, 7) is 4.20. The fraction of sp³-hybridized carbons (Fsp3) is 0.227. The van der Waals surface area contributed by atoms with E-state index >= 15 is 0 Å². The average molecular weight is 438 g/mol. The zero-order chi connectivity index (χ0) is 22.0. The SMILES string of the molecule is Cc1ccc(-c2ccc(N3CCN(C(=O)c4ccc(Cl)c([N+](=O)[O-])c4)CC3)nn2)cc1. The second-order valence-corrected chi connectivity index (χ2v) is 7.75. The molecule has 1 aromatic heterocycles. The van der Waals surface area contributed by atoms with Gasteiger partial charge in [0.05, 0.1) is 10.6 Å². The molecule has 0 spiro atoms. The summed E-state index contributed by atoms with van der Waals surface area (Å²) in [5.74, 6) is 0.505. The summed E-state index contributed by atoms with van der Waals surface area (Å²) >= 11 is 5.84. The van der Waals surface area contributed by atoms with Crippen LogP contribution in [0.25, 0.3) is 11.3 Å². The number of hydrogen-bond acceptors (Lipinski definition) is 6. The topological polar surface area (TPSA) is 92.5 Å². The van der Waals surface area contributed by atoms with Gasteiger partial charge in [0, 0.05) is 43.4 Å². The van der Waals surface area contributed by atoms with Gasteiger partial charge >= 0.3 is 0 Å². The lowest BCUT2D eigenvalue weighted by Gasteiger charge is -2.35. The Kier molecular flexibility index (Phi) is 5.81. The van der Waals surface area contributed by atoms with Crippen molar-refractivity contribution in [2.45, 2.75) is 6.92 Å². The number of benzene rings is 2. The smallest absolute Gasteiger partial charge is 0.288 e. The quantitative estimate of drug-likeness (QED) is 0.453. The van der Waals surface area contributed by atoms with Crippen LogP contribution in [0.4, 0.5) is 11.5 Å². The third-order valence-electron chi connectivity index (χ3n) is 5.28. The van der Waals surface area contributed by atoms with E-state index in [0.717, 1.165) is 17.1 Å². The Morgan fingerprint density at radius 3 is 2.32 bits per heavy atom. The first-order chi connectivity index (χ1) is 14.9. The van der Waals surface area contributed by atoms with Crippen LogP contribution in [0.1, 0.15) is 15.9 Å². The fourth-order valence-electron chi connectivity index (χ4n) is 3.48. The summed E-state index contributed by atoms with van der Waals surface area (Å²) in [6.07, 6.45) is 0. The minimum absolute atomic E-state index is 0.0130. The van der Waals surface area contributed by atoms with Crippen molar-refractivity contribution < 1.29 is 9.72 Å². The number of piperazine rings is 1. The first-order valence-electron chi connectivity index (χ1n) is 9.81. The Hall–Kier alpha value is -3.52. The highest BCUT2D eigenvalue weighted by Crippen LogP contribution is 2.26. The Bertz CT molecular complexity index is 1110. The zero-order valence-corrected chi connectivity index (χ0v) is 17.6. The van der Waals surface area contributed by atoms with E-state index in [-0.39, 0.29) is 22.2 Å². The van der Waals surface area contributed by atoms with E-state index in [1.807, 2.05) is 43.3 Å². The molecule has 1 fully saturated rings. The van der Waals surface area contributed by atoms with Crippen LogP contribution in [0.5, 0.6) is 0 Å². The highest BCUT2D eigenvalue weighted by molar-refractivity contribution is 6.32. The van der Waals surface area contributed by atoms with Crippen LogP contribution in [0.15, 0.2) is 54.6 Å². The number of carbonyl (C=O) groups excluding carboxylic acids is 1. The van der Waals surface area contributed by atoms with Crippen molar-refractivity contribution in [1.29, 1.82) is 0 Å². The van der Waals surface area contributed by atoms with Gasteiger partial charge in [0.15, 0.2) is 5.82 Å². The molecule has 2 heterocycles. The summed E-state index contributed by atoms with van der Waals surface area (Å²) in [5.41, 5.74) is 3.00. The predicted octanol–water partition coefficient (Wildman–Crippen LogP) is 3.98. The van der Waals surface area contributed by atoms with E-state index < -0.39 is 4.92 Å². The van der Waals surface area contributed by atoms with Crippen LogP contribution in [-0.4, -0.2) is 52.1 Å². The van der Waals surface area contributed by atoms with Gasteiger partial charge in [-0.1, -0.05) is 41.4 Å². The molecular formula is C22H20ClN5O3. The first-order valence-corrected chi connectivity index (χ1v) is 10.2. The number of nitro groups is 1. The highest BCUT2D eigenvalue weighted by atomic mass is 35.5. The lowest BCUT2D eigenvalue weighted by Crippen LogP contribution is -2.49. The van der Waals surface area contributed by atoms with Crippen molar-refractivity contribution in [3.63, 3.8) is 0 Å². The molecule has 8 nitrogen and oxygen atoms in total. The van der Waals surface area contributed by atoms with E-state index in [9.17, 15) is 14.9 Å². The molecule has 0 unspecified atom stereocenters. The molecule has 0 atom stereocenters. The summed E-state index contributed by atoms with van der Waals surface area (Å²) in [5, 5.41) is 19.8. The van der Waals surface area contributed by atoms with Crippen LogP contribution in [-0.2, 0) is 0 Å². The molecule has 158 valence electrons. The number of amides is 1. The molecule has 0 saturated carbocycles. The van der Waals surface area contributed by atoms with Gasteiger partial charge in [-0.15, -0.1) is 10.2 Å². The second-order valence-electron chi connectivity index (χ2n) is 7.35. The van der Waals surface area contributed by atoms with E-state index in [0.29, 0.717) is 26.2 Å². The van der Waals surface area contributed by atoms with Crippen molar-refractivity contribution in [3.8, 4) is 11.3 Å². The molecule has 0 radical (unpaired) electrons. The standard InChI is InChI=1S/C22H20ClN5O3/c1-15-2-4-16(5-3-15)19-8-9-21(25-24-19)26-10-12-27(13-11-26)22(29)17-6-7-18(23)20(14-17)28(30)31/h2-9,14H,10-13H2,1H3. The lowest BCUT2D eigenvalue weighted by molar-refractivity contribution is -0.384. The molecule has 2 aromatic carbocycles. The highest BCUT2D eigenvalue weighted by Gasteiger charge is 2.25. The van der Waals surface area contributed by atoms with Crippen LogP contribution in [0, 0.1) is 17.0 Å². The molecule has 0 aliphatic carbocycles. The van der Waals surface area contributed by atoms with Crippen molar-refractivity contribution in [2.75, 3.05) is 31.1 Å². The van der Waals surface area contributed by atoms with Crippen molar-refractivity contribution in [3.05, 3.63) is 80.9 Å². The third-order valence-corrected chi connectivity index (χ3v) is 5.60. The monoisotopic (exact) mass is 437 g/mol. The Morgan fingerprint density at radius 1 is 1.00 bits per heavy atom. The molecule has 1 aliphatic rings. The molecule has 31 heavy (non-hydrogen) atoms. The summed E-state index contributed by atoms with van der Waals surface area (Å²) in [4.78, 5) is 27.0. The number of halogens is 1. The average Bonchev–Trinajstić information content (AvgIpc) is 2.79. The first kappa shape index (κ1) is 20.7. The molecule has 1 saturated heterocycles. The maximum Gasteiger partial charge on any atom is 0.288 e. The maximum absolute atomic E-state index is 12.8. The lowest BCUT2D eigenvalue weighted by atomic mass is 10.1. The predicted molar refractivity (Wildman–Crippen MR) is 118 cm³/mol. The Balaban J connectivity index is 1.40. The number of hydrogen-bond donors (Lipinski definition) is 0. The van der Waals surface area contributed by atoms with Gasteiger partial charge in [-0.2, -0.15) is 0 Å². The van der Waals surface area contributed by atoms with E-state index in [1.54, 1.807) is 4.90 Å². The molecule has 1 aliphatic heterocycles. The van der Waals surface area contributed by atoms with Crippen LogP contribution in [0.3, 0.4) is 0 Å². The van der Waals surface area contributed by atoms with Crippen molar-refractivity contribution >= 4 is 29.0 Å². The van der Waals surface area contributed by atoms with Gasteiger partial charge in [-0.25, -0.2) is 0 Å². The molecule has 3 aromatic rings. The number of aryl methyl sites for hydroxylation is 1. The molecular weight excluding hydrogens is 418 g/mol. The Morgan fingerprint density at radius 2 is 1.71 bits per heavy atom. The van der Waals surface area contributed by atoms with Crippen molar-refractivity contribution in [2.24, 2.45) is 0 Å². The molecule has 9 heteroatoms. The number of anilines is 1. The van der Waals surface area contributed by atoms with Crippen LogP contribution < -0.4 is 4.90 Å². The minimum Gasteiger partial charge on any atom is -0.352 e. The van der Waals surface area contributed by atoms with Gasteiger partial charge in [-0.3, -0.25) is 14.9 Å². The largest absolute Gasteiger partial charge is 0.352 e. The van der Waals surface area contributed by atoms with Gasteiger partial charge in [-0.05, 0) is 31.2 Å². The van der Waals surface area contributed by atoms with Gasteiger partial charge in [0.2, 0.25) is 0 Å². The molecule has 1 amide bonds. The summed E-state index contributed by atoms with van der Waals surface area (Å²) in [6, 6.07) is 16.1. The summed E-state index contributed by atoms with van der Waals surface area (Å²) < 4.78 is 0. The minimum atomic E-state index is -0.587. The Labute approximate surface area is 184 Å². The van der Waals surface area contributed by atoms with Gasteiger partial charge in [0.1, 0.15) is 5.02 Å². The maximum atomic E-state index is 12.8. The van der Waals surface area contributed by atoms with Crippen LogP contribution in [0.2, 0.25) is 5.02 Å².